The van der Waals surface area contributed by atoms with Gasteiger partial charge in [-0.15, -0.1) is 0 Å². The molecule has 28 heteroatoms. The molecule has 4 aliphatic heterocycles. The third-order valence-electron chi connectivity index (χ3n) is 10.4. The molecule has 0 unspecified atom stereocenters. The molecule has 6 rings (SSSR count). The summed E-state index contributed by atoms with van der Waals surface area (Å²) in [4.78, 5) is 71.1. The van der Waals surface area contributed by atoms with Crippen molar-refractivity contribution >= 4 is 175 Å². The summed E-state index contributed by atoms with van der Waals surface area (Å²) in [6.07, 6.45) is 6.03. The number of benzene rings is 2. The predicted molar refractivity (Wildman–Crippen MR) is 283 cm³/mol. The van der Waals surface area contributed by atoms with E-state index in [1.54, 1.807) is 0 Å². The normalized spacial score (nSPS) is 19.6. The molecule has 392 valence electrons. The third kappa shape index (κ3) is 25.1. The fourth-order valence-electron chi connectivity index (χ4n) is 7.50. The first-order valence-electron chi connectivity index (χ1n) is 20.0. The number of rotatable bonds is 20. The molecule has 0 spiro atoms. The number of unbranched alkanes of at least 4 members (excludes halogenated alkanes) is 2. The van der Waals surface area contributed by atoms with Crippen molar-refractivity contribution < 1.29 is 97.0 Å². The number of nitrogens with one attached hydrogen (secondary N) is 8. The molecule has 4 saturated heterocycles. The summed E-state index contributed by atoms with van der Waals surface area (Å²) in [5, 5.41) is 23.5. The van der Waals surface area contributed by atoms with Gasteiger partial charge in [-0.25, -0.2) is 9.59 Å². The van der Waals surface area contributed by atoms with Crippen LogP contribution in [0.1, 0.15) is 73.6 Å². The first-order chi connectivity index (χ1) is 29.0. The summed E-state index contributed by atoms with van der Waals surface area (Å²) >= 11 is 24.0. The minimum atomic E-state index is -0.280. The smallest absolute Gasteiger partial charge is 0.315 e. The number of carbonyl (C=O) groups excluding carboxylic acids is 6. The van der Waals surface area contributed by atoms with Gasteiger partial charge in [-0.1, -0.05) is 47.2 Å². The van der Waals surface area contributed by atoms with E-state index in [0.717, 1.165) is 72.3 Å². The van der Waals surface area contributed by atoms with Crippen LogP contribution in [0.25, 0.3) is 0 Å². The molecule has 4 aliphatic rings. The van der Waals surface area contributed by atoms with Gasteiger partial charge < -0.3 is 147 Å². The Bertz CT molecular complexity index is 1700. The third-order valence-corrected chi connectivity index (χ3v) is 14.7. The summed E-state index contributed by atoms with van der Waals surface area (Å²) < 4.78 is 0. The van der Waals surface area contributed by atoms with E-state index in [2.05, 4.69) is 42.5 Å². The van der Waals surface area contributed by atoms with E-state index in [-0.39, 0.29) is 195 Å². The molecule has 6 atom stereocenters. The summed E-state index contributed by atoms with van der Waals surface area (Å²) in [5.74, 6) is 2.85. The van der Waals surface area contributed by atoms with Crippen LogP contribution in [-0.2, 0) is 215 Å². The number of hydrogen-bond donors (Lipinski definition) is 8. The number of fused-ring (bicyclic) bond motifs is 2. The van der Waals surface area contributed by atoms with Crippen LogP contribution >= 0.6 is 23.5 Å². The zero-order valence-electron chi connectivity index (χ0n) is 36.3. The number of anilines is 2. The van der Waals surface area contributed by atoms with Crippen molar-refractivity contribution in [3.05, 3.63) is 58.7 Å². The largest absolute Gasteiger partial charge is 0.813 e. The van der Waals surface area contributed by atoms with Gasteiger partial charge in [0.25, 0.3) is 0 Å². The van der Waals surface area contributed by atoms with Gasteiger partial charge >= 0.3 is 12.1 Å². The number of urea groups is 2. The van der Waals surface area contributed by atoms with Crippen molar-refractivity contribution in [3.8, 4) is 0 Å². The van der Waals surface area contributed by atoms with Crippen LogP contribution in [-0.4, -0.2) is 95.0 Å². The molecule has 14 nitrogen and oxygen atoms in total. The molecule has 2 aromatic carbocycles. The Hall–Kier alpha value is 0.438. The molecule has 0 aliphatic carbocycles. The second-order valence-corrected chi connectivity index (χ2v) is 18.7. The zero-order chi connectivity index (χ0) is 43.0. The molecule has 68 heavy (non-hydrogen) atoms. The van der Waals surface area contributed by atoms with Crippen LogP contribution in [0.3, 0.4) is 0 Å². The quantitative estimate of drug-likeness (QED) is 0.0315. The van der Waals surface area contributed by atoms with Gasteiger partial charge in [-0.05, 0) is 49.9 Å². The number of thioether (sulfide) groups is 2. The maximum Gasteiger partial charge on any atom is 0.315 e. The first kappa shape index (κ1) is 75.0. The molecule has 8 N–H and O–H groups in total. The number of carbonyl (C=O) groups is 6. The van der Waals surface area contributed by atoms with Gasteiger partial charge in [0.2, 0.25) is 23.6 Å². The summed E-state index contributed by atoms with van der Waals surface area (Å²) in [5.41, 5.74) is 5.05. The van der Waals surface area contributed by atoms with Crippen LogP contribution in [0.4, 0.5) is 21.0 Å². The molecule has 0 aromatic heterocycles. The zero-order valence-corrected chi connectivity index (χ0v) is 49.2. The fraction of sp³-hybridized carbons (Fsp3) is 0.550. The average molecular weight is 1290 g/mol. The SMILES string of the molecule is O=C(CCCC[C@@H]1SC[C@@H]2NC(=O)N[C@@H]21)NCC(=O)Nc1cc(C[S-])cc(C[S-])c1.O=C(CCCC[C@@H]1SC[C@@H]2NC(=O)N[C@@H]21)NCC(=O)Nc1cc(C[S-])cc(C[S-])c1.[Fe].[Fe].[Fe].[Fe].[SH-].[SH-].[SH-].[SH-]. The Labute approximate surface area is 501 Å². The minimum Gasteiger partial charge on any atom is -0.813 e. The molecule has 0 saturated carbocycles. The second-order valence-electron chi connectivity index (χ2n) is 15.0. The van der Waals surface area contributed by atoms with Crippen LogP contribution in [0.2, 0.25) is 0 Å². The van der Waals surface area contributed by atoms with E-state index in [0.29, 0.717) is 57.7 Å². The molecule has 4 fully saturated rings. The van der Waals surface area contributed by atoms with Gasteiger partial charge in [0.1, 0.15) is 0 Å². The summed E-state index contributed by atoms with van der Waals surface area (Å²) in [6, 6.07) is 11.9. The average Bonchev–Trinajstić information content (AvgIpc) is 4.01. The molecule has 0 bridgehead atoms. The van der Waals surface area contributed by atoms with Crippen LogP contribution in [0.5, 0.6) is 0 Å². The van der Waals surface area contributed by atoms with E-state index < -0.39 is 0 Å². The van der Waals surface area contributed by atoms with Gasteiger partial charge in [0, 0.05) is 114 Å². The van der Waals surface area contributed by atoms with Crippen LogP contribution in [0, 0.1) is 0 Å². The number of amides is 8. The van der Waals surface area contributed by atoms with Crippen LogP contribution in [0.15, 0.2) is 36.4 Å². The second kappa shape index (κ2) is 39.8. The van der Waals surface area contributed by atoms with Gasteiger partial charge in [0.15, 0.2) is 0 Å². The Morgan fingerprint density at radius 3 is 1.13 bits per heavy atom. The Kier molecular flexibility index (Phi) is 43.9. The molecule has 8 amide bonds. The number of hydrogen-bond acceptors (Lipinski definition) is 16. The maximum atomic E-state index is 12.1. The number of thiol groups is 4. The molecular formula is C40H56Fe4N8O6S10-8. The minimum absolute atomic E-state index is 0. The van der Waals surface area contributed by atoms with Gasteiger partial charge in [-0.2, -0.15) is 46.5 Å². The van der Waals surface area contributed by atoms with E-state index in [9.17, 15) is 28.8 Å². The maximum absolute atomic E-state index is 12.1. The van der Waals surface area contributed by atoms with Crippen molar-refractivity contribution in [2.24, 2.45) is 0 Å². The van der Waals surface area contributed by atoms with Crippen molar-refractivity contribution in [2.45, 2.75) is 109 Å². The van der Waals surface area contributed by atoms with Crippen molar-refractivity contribution in [1.29, 1.82) is 0 Å². The summed E-state index contributed by atoms with van der Waals surface area (Å²) in [6.45, 7) is -0.139. The van der Waals surface area contributed by atoms with Crippen molar-refractivity contribution in [3.63, 3.8) is 0 Å². The van der Waals surface area contributed by atoms with Gasteiger partial charge in [0.05, 0.1) is 37.3 Å². The summed E-state index contributed by atoms with van der Waals surface area (Å²) in [7, 11) is 0. The van der Waals surface area contributed by atoms with E-state index in [1.807, 2.05) is 59.9 Å². The van der Waals surface area contributed by atoms with Gasteiger partial charge in [-0.3, -0.25) is 19.2 Å². The standard InChI is InChI=1S/2C20H28N4O3S3.4Fe.4H2S/c2*25-17(4-2-1-3-16-19-15(11-30-16)23-20(27)24-19)21-8-18(26)22-14-6-12(9-28)5-13(7-14)10-29;;;;;;;;/h2*5-7,15-16,19,28-29H,1-4,8-11H2,(H,21,25)(H,22,26)(H2,23,24,27);;;;;4*1H2/p-8/t2*15-,16-,19-;;;;;;;;/m00......../s1. The van der Waals surface area contributed by atoms with E-state index >= 15 is 0 Å². The Balaban J connectivity index is -0.000000539. The van der Waals surface area contributed by atoms with Crippen molar-refractivity contribution in [2.75, 3.05) is 35.2 Å². The molecule has 4 heterocycles. The monoisotopic (exact) mass is 1290 g/mol. The Morgan fingerprint density at radius 1 is 0.500 bits per heavy atom. The predicted octanol–water partition coefficient (Wildman–Crippen LogP) is 2.03. The van der Waals surface area contributed by atoms with Crippen LogP contribution < -0.4 is 42.5 Å². The van der Waals surface area contributed by atoms with Crippen molar-refractivity contribution in [1.82, 2.24) is 31.9 Å². The topological polar surface area (TPSA) is 199 Å². The molecular weight excluding hydrogens is 1230 g/mol. The Morgan fingerprint density at radius 2 is 0.824 bits per heavy atom. The van der Waals surface area contributed by atoms with E-state index in [1.165, 1.54) is 0 Å². The molecule has 0 radical (unpaired) electrons. The fourth-order valence-corrected chi connectivity index (χ4v) is 11.2. The first-order valence-corrected chi connectivity index (χ1v) is 24.5. The molecule has 2 aromatic rings. The van der Waals surface area contributed by atoms with E-state index in [4.69, 9.17) is 50.5 Å².